The van der Waals surface area contributed by atoms with Gasteiger partial charge in [-0.3, -0.25) is 4.79 Å². The minimum absolute atomic E-state index is 0.00217. The molecule has 0 saturated heterocycles. The number of alkyl halides is 2. The number of nitrogens with zero attached hydrogens (tertiary/aromatic N) is 4. The third kappa shape index (κ3) is 4.57. The molecule has 0 bridgehead atoms. The van der Waals surface area contributed by atoms with Crippen molar-refractivity contribution < 1.29 is 26.9 Å². The minimum Gasteiger partial charge on any atom is -0.494 e. The van der Waals surface area contributed by atoms with Crippen LogP contribution in [0.4, 0.5) is 20.2 Å². The molecule has 0 aliphatic rings. The number of amides is 1. The molecule has 0 fully saturated rings. The van der Waals surface area contributed by atoms with Gasteiger partial charge in [0.1, 0.15) is 0 Å². The van der Waals surface area contributed by atoms with Crippen LogP contribution in [0.15, 0.2) is 28.8 Å². The fraction of sp³-hybridized carbons (Fsp3) is 0.235. The van der Waals surface area contributed by atoms with Crippen molar-refractivity contribution in [2.75, 3.05) is 19.4 Å². The van der Waals surface area contributed by atoms with Crippen LogP contribution in [0.3, 0.4) is 0 Å². The highest BCUT2D eigenvalue weighted by Crippen LogP contribution is 2.37. The first kappa shape index (κ1) is 16.6. The molecule has 1 aromatic carbocycles. The molecule has 3 aromatic rings. The predicted octanol–water partition coefficient (Wildman–Crippen LogP) is 3.16. The monoisotopic (exact) mass is 427 g/mol. The number of carbonyl (C=O) groups excluding carboxylic acids is 1. The van der Waals surface area contributed by atoms with Crippen molar-refractivity contribution >= 4 is 28.9 Å². The van der Waals surface area contributed by atoms with Gasteiger partial charge in [-0.25, -0.2) is 0 Å². The molecule has 0 radical (unpaired) electrons. The number of nitrogens with one attached hydrogen (secondary N) is 2. The lowest BCUT2D eigenvalue weighted by molar-refractivity contribution is -0.120. The first-order valence-corrected chi connectivity index (χ1v) is 8.34. The van der Waals surface area contributed by atoms with E-state index in [1.807, 2.05) is 5.32 Å². The van der Waals surface area contributed by atoms with Crippen molar-refractivity contribution in [2.45, 2.75) is 12.8 Å². The molecule has 152 valence electrons. The summed E-state index contributed by atoms with van der Waals surface area (Å²) >= 11 is 5.92. The molecule has 2 aromatic heterocycles. The Kier molecular flexibility index (Phi) is 5.02. The van der Waals surface area contributed by atoms with Gasteiger partial charge in [0.2, 0.25) is 11.7 Å². The van der Waals surface area contributed by atoms with E-state index in [2.05, 4.69) is 30.2 Å². The number of aromatic nitrogens is 4. The Hall–Kier alpha value is -3.34. The second-order valence-corrected chi connectivity index (χ2v) is 5.91. The number of carbonyl (C=O) groups is 1. The first-order valence-electron chi connectivity index (χ1n) is 9.46. The molecule has 0 aliphatic carbocycles. The Morgan fingerprint density at radius 2 is 2.21 bits per heavy atom. The van der Waals surface area contributed by atoms with Gasteiger partial charge in [-0.2, -0.15) is 18.9 Å². The number of methoxy groups -OCH3 is 1. The highest BCUT2D eigenvalue weighted by molar-refractivity contribution is 6.29. The maximum absolute atomic E-state index is 12.8. The normalized spacial score (nSPS) is 12.8. The van der Waals surface area contributed by atoms with Gasteiger partial charge in [-0.1, -0.05) is 22.8 Å². The number of anilines is 2. The van der Waals surface area contributed by atoms with Gasteiger partial charge in [0.15, 0.2) is 10.9 Å². The molecule has 0 unspecified atom stereocenters. The highest BCUT2D eigenvalue weighted by Gasteiger charge is 2.21. The summed E-state index contributed by atoms with van der Waals surface area (Å²) in [7, 11) is 1.35. The average molecular weight is 428 g/mol. The zero-order chi connectivity index (χ0) is 23.5. The molecule has 2 heterocycles. The van der Waals surface area contributed by atoms with Crippen LogP contribution in [-0.2, 0) is 11.2 Å². The molecular weight excluding hydrogens is 410 g/mol. The average Bonchev–Trinajstić information content (AvgIpc) is 3.19. The Labute approximate surface area is 172 Å². The minimum atomic E-state index is -2.93. The topological polar surface area (TPSA) is 115 Å². The van der Waals surface area contributed by atoms with Gasteiger partial charge in [0, 0.05) is 17.2 Å². The van der Waals surface area contributed by atoms with E-state index in [0.29, 0.717) is 5.69 Å². The van der Waals surface area contributed by atoms with Crippen LogP contribution in [0.2, 0.25) is 5.15 Å². The number of hydrogen-bond acceptors (Lipinski definition) is 8. The van der Waals surface area contributed by atoms with E-state index >= 15 is 0 Å². The lowest BCUT2D eigenvalue weighted by Crippen LogP contribution is -2.21. The van der Waals surface area contributed by atoms with E-state index in [1.54, 1.807) is 12.1 Å². The highest BCUT2D eigenvalue weighted by atomic mass is 35.5. The number of para-hydroxylation sites is 1. The van der Waals surface area contributed by atoms with E-state index in [-0.39, 0.29) is 33.7 Å². The van der Waals surface area contributed by atoms with Crippen LogP contribution < -0.4 is 15.4 Å². The molecule has 0 spiro atoms. The van der Waals surface area contributed by atoms with Crippen LogP contribution in [-0.4, -0.2) is 40.3 Å². The molecule has 12 heteroatoms. The standard InChI is InChI=1S/C17H15ClF2N6O3/c1-21-13(27)7-11-10(6-12(18)25-24-11)22-9-5-3-4-8(14(9)28-2)16-23-17(15(19)20)29-26-16/h3-6,15H,7H2,1-2H3,(H,21,27)(H,22,25)/i1D3. The molecule has 2 N–H and O–H groups in total. The molecule has 0 saturated carbocycles. The molecule has 29 heavy (non-hydrogen) atoms. The Bertz CT molecular complexity index is 1130. The third-order valence-corrected chi connectivity index (χ3v) is 3.85. The number of rotatable bonds is 7. The summed E-state index contributed by atoms with van der Waals surface area (Å²) in [5, 5.41) is 15.9. The van der Waals surface area contributed by atoms with Gasteiger partial charge in [0.25, 0.3) is 5.89 Å². The second kappa shape index (κ2) is 8.78. The largest absolute Gasteiger partial charge is 0.494 e. The summed E-state index contributed by atoms with van der Waals surface area (Å²) in [6, 6.07) is 6.08. The number of hydrogen-bond donors (Lipinski definition) is 2. The van der Waals surface area contributed by atoms with Gasteiger partial charge >= 0.3 is 6.43 Å². The Morgan fingerprint density at radius 1 is 1.38 bits per heavy atom. The molecule has 0 aliphatic heterocycles. The van der Waals surface area contributed by atoms with Crippen LogP contribution in [0.25, 0.3) is 11.4 Å². The Balaban J connectivity index is 1.95. The van der Waals surface area contributed by atoms with Crippen molar-refractivity contribution in [3.8, 4) is 17.1 Å². The fourth-order valence-corrected chi connectivity index (χ4v) is 2.59. The third-order valence-electron chi connectivity index (χ3n) is 3.67. The summed E-state index contributed by atoms with van der Waals surface area (Å²) < 4.78 is 56.9. The zero-order valence-electron chi connectivity index (χ0n) is 17.7. The van der Waals surface area contributed by atoms with Crippen LogP contribution >= 0.6 is 11.6 Å². The summed E-state index contributed by atoms with van der Waals surface area (Å²) in [6.45, 7) is -2.66. The summed E-state index contributed by atoms with van der Waals surface area (Å²) in [5.74, 6) is -1.59. The van der Waals surface area contributed by atoms with Gasteiger partial charge in [-0.15, -0.1) is 5.10 Å². The van der Waals surface area contributed by atoms with Gasteiger partial charge in [-0.05, 0) is 12.1 Å². The summed E-state index contributed by atoms with van der Waals surface area (Å²) in [5.41, 5.74) is 0.920. The number of ether oxygens (including phenoxy) is 1. The molecular formula is C17H15ClF2N6O3. The van der Waals surface area contributed by atoms with Crippen LogP contribution in [0.5, 0.6) is 5.75 Å². The zero-order valence-corrected chi connectivity index (χ0v) is 15.5. The van der Waals surface area contributed by atoms with E-state index in [9.17, 15) is 13.6 Å². The van der Waals surface area contributed by atoms with Crippen molar-refractivity contribution in [3.05, 3.63) is 41.0 Å². The van der Waals surface area contributed by atoms with Crippen molar-refractivity contribution in [1.82, 2.24) is 25.7 Å². The van der Waals surface area contributed by atoms with Crippen molar-refractivity contribution in [1.29, 1.82) is 0 Å². The number of likely N-dealkylation sites (N-methyl/N-ethyl adjacent to an activating group) is 1. The van der Waals surface area contributed by atoms with E-state index in [4.69, 9.17) is 20.5 Å². The molecule has 0 atom stereocenters. The maximum atomic E-state index is 12.8. The van der Waals surface area contributed by atoms with Crippen LogP contribution in [0, 0.1) is 0 Å². The van der Waals surface area contributed by atoms with E-state index in [1.165, 1.54) is 19.2 Å². The molecule has 1 amide bonds. The summed E-state index contributed by atoms with van der Waals surface area (Å²) in [6.07, 6.45) is -3.34. The SMILES string of the molecule is [2H]C([2H])([2H])NC(=O)Cc1nnc(Cl)cc1Nc1cccc(-c2noc(C(F)F)n2)c1OC. The quantitative estimate of drug-likeness (QED) is 0.590. The summed E-state index contributed by atoms with van der Waals surface area (Å²) in [4.78, 5) is 15.7. The van der Waals surface area contributed by atoms with Gasteiger partial charge < -0.3 is 19.9 Å². The van der Waals surface area contributed by atoms with Crippen LogP contribution in [0.1, 0.15) is 22.1 Å². The lowest BCUT2D eigenvalue weighted by atomic mass is 10.1. The smallest absolute Gasteiger partial charge is 0.315 e. The number of benzene rings is 1. The fourth-order valence-electron chi connectivity index (χ4n) is 2.44. The second-order valence-electron chi connectivity index (χ2n) is 5.52. The number of halogens is 3. The maximum Gasteiger partial charge on any atom is 0.315 e. The molecule has 9 nitrogen and oxygen atoms in total. The van der Waals surface area contributed by atoms with E-state index in [0.717, 1.165) is 0 Å². The van der Waals surface area contributed by atoms with Crippen molar-refractivity contribution in [3.63, 3.8) is 0 Å². The van der Waals surface area contributed by atoms with E-state index < -0.39 is 31.6 Å². The predicted molar refractivity (Wildman–Crippen MR) is 99.3 cm³/mol. The molecule has 3 rings (SSSR count). The Morgan fingerprint density at radius 3 is 2.90 bits per heavy atom. The lowest BCUT2D eigenvalue weighted by Gasteiger charge is -2.15. The van der Waals surface area contributed by atoms with Gasteiger partial charge in [0.05, 0.1) is 36.2 Å². The van der Waals surface area contributed by atoms with Crippen molar-refractivity contribution in [2.24, 2.45) is 0 Å². The first-order chi connectivity index (χ1) is 15.1.